The average molecular weight is 312 g/mol. The van der Waals surface area contributed by atoms with Crippen LogP contribution >= 0.6 is 0 Å². The molecule has 1 aliphatic heterocycles. The van der Waals surface area contributed by atoms with E-state index in [-0.39, 0.29) is 11.9 Å². The Hall–Kier alpha value is -2.14. The van der Waals surface area contributed by atoms with Crippen LogP contribution in [0.15, 0.2) is 36.4 Å². The van der Waals surface area contributed by atoms with Gasteiger partial charge in [0.1, 0.15) is 0 Å². The summed E-state index contributed by atoms with van der Waals surface area (Å²) in [5.74, 6) is 0.387. The Labute approximate surface area is 137 Å². The number of carbonyl (C=O) groups excluding carboxylic acids is 1. The predicted molar refractivity (Wildman–Crippen MR) is 90.6 cm³/mol. The Morgan fingerprint density at radius 3 is 2.78 bits per heavy atom. The molecule has 2 aromatic rings. The van der Waals surface area contributed by atoms with E-state index in [9.17, 15) is 4.79 Å². The van der Waals surface area contributed by atoms with Gasteiger partial charge in [0.05, 0.1) is 5.69 Å². The highest BCUT2D eigenvalue weighted by atomic mass is 16.2. The maximum Gasteiger partial charge on any atom is 0.274 e. The normalized spacial score (nSPS) is 19.6. The molecule has 1 aliphatic rings. The number of hydrogen-bond acceptors (Lipinski definition) is 3. The topological polar surface area (TPSA) is 64.2 Å². The Bertz CT molecular complexity index is 678. The summed E-state index contributed by atoms with van der Waals surface area (Å²) in [7, 11) is 0. The van der Waals surface area contributed by atoms with Crippen molar-refractivity contribution in [2.75, 3.05) is 13.1 Å². The van der Waals surface area contributed by atoms with Crippen LogP contribution in [-0.4, -0.2) is 39.7 Å². The highest BCUT2D eigenvalue weighted by molar-refractivity contribution is 5.92. The standard InChI is InChI=1S/C18H24N4O/c1-13-11-17(20-22(13)16-8-4-3-5-9-16)18(23)21-10-6-7-15(12-21)14(2)19/h3-5,8-9,11,14-15H,6-7,10,12,19H2,1-2H3/t14-,15+/m1/s1. The van der Waals surface area contributed by atoms with Crippen molar-refractivity contribution in [3.05, 3.63) is 47.8 Å². The van der Waals surface area contributed by atoms with Crippen LogP contribution in [0.3, 0.4) is 0 Å². The molecular formula is C18H24N4O. The van der Waals surface area contributed by atoms with Crippen molar-refractivity contribution in [1.82, 2.24) is 14.7 Å². The molecule has 0 spiro atoms. The maximum absolute atomic E-state index is 12.8. The number of carbonyl (C=O) groups is 1. The van der Waals surface area contributed by atoms with E-state index in [0.29, 0.717) is 11.6 Å². The second kappa shape index (κ2) is 6.54. The molecule has 2 atom stereocenters. The molecule has 0 bridgehead atoms. The van der Waals surface area contributed by atoms with Gasteiger partial charge in [-0.3, -0.25) is 4.79 Å². The highest BCUT2D eigenvalue weighted by Crippen LogP contribution is 2.21. The van der Waals surface area contributed by atoms with Crippen LogP contribution in [0, 0.1) is 12.8 Å². The van der Waals surface area contributed by atoms with E-state index in [1.54, 1.807) is 0 Å². The Balaban J connectivity index is 1.81. The summed E-state index contributed by atoms with van der Waals surface area (Å²) < 4.78 is 1.82. The van der Waals surface area contributed by atoms with Gasteiger partial charge in [-0.25, -0.2) is 4.68 Å². The third kappa shape index (κ3) is 3.29. The van der Waals surface area contributed by atoms with Crippen molar-refractivity contribution < 1.29 is 4.79 Å². The summed E-state index contributed by atoms with van der Waals surface area (Å²) in [5, 5.41) is 4.52. The molecule has 122 valence electrons. The summed E-state index contributed by atoms with van der Waals surface area (Å²) in [6.45, 7) is 5.51. The molecule has 3 rings (SSSR count). The van der Waals surface area contributed by atoms with Crippen molar-refractivity contribution in [3.8, 4) is 5.69 Å². The van der Waals surface area contributed by atoms with Gasteiger partial charge >= 0.3 is 0 Å². The fourth-order valence-electron chi connectivity index (χ4n) is 3.20. The second-order valence-electron chi connectivity index (χ2n) is 6.43. The SMILES string of the molecule is Cc1cc(C(=O)N2CCC[C@H]([C@@H](C)N)C2)nn1-c1ccccc1. The van der Waals surface area contributed by atoms with Gasteiger partial charge in [0.25, 0.3) is 5.91 Å². The zero-order valence-electron chi connectivity index (χ0n) is 13.8. The monoisotopic (exact) mass is 312 g/mol. The first-order valence-corrected chi connectivity index (χ1v) is 8.23. The number of hydrogen-bond donors (Lipinski definition) is 1. The minimum absolute atomic E-state index is 0.00753. The van der Waals surface area contributed by atoms with E-state index in [2.05, 4.69) is 5.10 Å². The number of nitrogens with zero attached hydrogens (tertiary/aromatic N) is 3. The molecular weight excluding hydrogens is 288 g/mol. The van der Waals surface area contributed by atoms with Crippen LogP contribution in [0.1, 0.15) is 35.9 Å². The van der Waals surface area contributed by atoms with E-state index in [1.165, 1.54) is 0 Å². The van der Waals surface area contributed by atoms with E-state index in [4.69, 9.17) is 5.73 Å². The molecule has 1 saturated heterocycles. The van der Waals surface area contributed by atoms with Crippen LogP contribution in [-0.2, 0) is 0 Å². The number of piperidine rings is 1. The average Bonchev–Trinajstić information content (AvgIpc) is 2.97. The first kappa shape index (κ1) is 15.7. The lowest BCUT2D eigenvalue weighted by Gasteiger charge is -2.34. The van der Waals surface area contributed by atoms with Crippen molar-refractivity contribution in [1.29, 1.82) is 0 Å². The van der Waals surface area contributed by atoms with Gasteiger partial charge in [0.15, 0.2) is 5.69 Å². The summed E-state index contributed by atoms with van der Waals surface area (Å²) in [6.07, 6.45) is 2.11. The molecule has 1 aromatic heterocycles. The third-order valence-electron chi connectivity index (χ3n) is 4.60. The minimum atomic E-state index is 0.00753. The molecule has 2 N–H and O–H groups in total. The lowest BCUT2D eigenvalue weighted by Crippen LogP contribution is -2.45. The molecule has 5 nitrogen and oxygen atoms in total. The van der Waals surface area contributed by atoms with Crippen LogP contribution in [0.25, 0.3) is 5.69 Å². The Kier molecular flexibility index (Phi) is 4.48. The number of nitrogens with two attached hydrogens (primary N) is 1. The largest absolute Gasteiger partial charge is 0.337 e. The first-order valence-electron chi connectivity index (χ1n) is 8.23. The number of aryl methyl sites for hydroxylation is 1. The second-order valence-corrected chi connectivity index (χ2v) is 6.43. The van der Waals surface area contributed by atoms with Gasteiger partial charge < -0.3 is 10.6 Å². The molecule has 2 heterocycles. The van der Waals surface area contributed by atoms with Gasteiger partial charge in [-0.15, -0.1) is 0 Å². The highest BCUT2D eigenvalue weighted by Gasteiger charge is 2.28. The molecule has 1 aromatic carbocycles. The zero-order valence-corrected chi connectivity index (χ0v) is 13.8. The summed E-state index contributed by atoms with van der Waals surface area (Å²) in [4.78, 5) is 14.7. The Morgan fingerprint density at radius 2 is 2.09 bits per heavy atom. The Morgan fingerprint density at radius 1 is 1.35 bits per heavy atom. The lowest BCUT2D eigenvalue weighted by atomic mass is 9.92. The number of benzene rings is 1. The van der Waals surface area contributed by atoms with E-state index in [1.807, 2.05) is 59.8 Å². The fourth-order valence-corrected chi connectivity index (χ4v) is 3.20. The van der Waals surface area contributed by atoms with Crippen molar-refractivity contribution >= 4 is 5.91 Å². The number of likely N-dealkylation sites (tertiary alicyclic amines) is 1. The summed E-state index contributed by atoms with van der Waals surface area (Å²) >= 11 is 0. The first-order chi connectivity index (χ1) is 11.1. The summed E-state index contributed by atoms with van der Waals surface area (Å²) in [5.41, 5.74) is 8.45. The van der Waals surface area contributed by atoms with Crippen LogP contribution in [0.4, 0.5) is 0 Å². The predicted octanol–water partition coefficient (Wildman–Crippen LogP) is 2.38. The van der Waals surface area contributed by atoms with E-state index < -0.39 is 0 Å². The molecule has 1 fully saturated rings. The van der Waals surface area contributed by atoms with Gasteiger partial charge in [-0.05, 0) is 50.8 Å². The van der Waals surface area contributed by atoms with Crippen LogP contribution in [0.5, 0.6) is 0 Å². The van der Waals surface area contributed by atoms with Crippen molar-refractivity contribution in [2.24, 2.45) is 11.7 Å². The maximum atomic E-state index is 12.8. The van der Waals surface area contributed by atoms with Gasteiger partial charge in [-0.2, -0.15) is 5.10 Å². The van der Waals surface area contributed by atoms with Crippen molar-refractivity contribution in [3.63, 3.8) is 0 Å². The fraction of sp³-hybridized carbons (Fsp3) is 0.444. The molecule has 0 aliphatic carbocycles. The van der Waals surface area contributed by atoms with E-state index in [0.717, 1.165) is 37.3 Å². The smallest absolute Gasteiger partial charge is 0.274 e. The molecule has 1 amide bonds. The quantitative estimate of drug-likeness (QED) is 0.946. The number of rotatable bonds is 3. The van der Waals surface area contributed by atoms with Gasteiger partial charge in [0, 0.05) is 24.8 Å². The molecule has 0 unspecified atom stereocenters. The number of amides is 1. The minimum Gasteiger partial charge on any atom is -0.337 e. The molecule has 0 radical (unpaired) electrons. The molecule has 5 heteroatoms. The van der Waals surface area contributed by atoms with Gasteiger partial charge in [-0.1, -0.05) is 18.2 Å². The number of aromatic nitrogens is 2. The van der Waals surface area contributed by atoms with Gasteiger partial charge in [0.2, 0.25) is 0 Å². The zero-order chi connectivity index (χ0) is 16.4. The third-order valence-corrected chi connectivity index (χ3v) is 4.60. The van der Waals surface area contributed by atoms with E-state index >= 15 is 0 Å². The lowest BCUT2D eigenvalue weighted by molar-refractivity contribution is 0.0654. The molecule has 0 saturated carbocycles. The van der Waals surface area contributed by atoms with Crippen LogP contribution < -0.4 is 5.73 Å². The summed E-state index contributed by atoms with van der Waals surface area (Å²) in [6, 6.07) is 11.9. The van der Waals surface area contributed by atoms with Crippen LogP contribution in [0.2, 0.25) is 0 Å². The van der Waals surface area contributed by atoms with Crippen molar-refractivity contribution in [2.45, 2.75) is 32.7 Å². The molecule has 23 heavy (non-hydrogen) atoms. The number of para-hydroxylation sites is 1.